The molecule has 22 heavy (non-hydrogen) atoms. The van der Waals surface area contributed by atoms with Gasteiger partial charge in [-0.1, -0.05) is 54.6 Å². The zero-order valence-corrected chi connectivity index (χ0v) is 12.8. The van der Waals surface area contributed by atoms with Crippen molar-refractivity contribution in [1.29, 1.82) is 0 Å². The molecule has 2 N–H and O–H groups in total. The molecule has 1 atom stereocenters. The molecule has 112 valence electrons. The Morgan fingerprint density at radius 3 is 2.45 bits per heavy atom. The summed E-state index contributed by atoms with van der Waals surface area (Å²) >= 11 is 0. The van der Waals surface area contributed by atoms with E-state index in [0.717, 1.165) is 13.0 Å². The van der Waals surface area contributed by atoms with Crippen molar-refractivity contribution in [3.63, 3.8) is 0 Å². The molecule has 3 aromatic rings. The molecule has 3 rings (SSSR count). The fraction of sp³-hybridized carbons (Fsp3) is 0.200. The number of fused-ring (bicyclic) bond motifs is 1. The van der Waals surface area contributed by atoms with Crippen molar-refractivity contribution in [2.45, 2.75) is 19.4 Å². The lowest BCUT2D eigenvalue weighted by atomic mass is 9.99. The Balaban J connectivity index is 1.66. The minimum Gasteiger partial charge on any atom is -0.508 e. The maximum absolute atomic E-state index is 9.30. The van der Waals surface area contributed by atoms with E-state index < -0.39 is 0 Å². The SMILES string of the molecule is CC(NCCc1ccc(O)cc1)c1cccc2ccccc12. The number of benzene rings is 3. The molecule has 0 saturated carbocycles. The van der Waals surface area contributed by atoms with Gasteiger partial charge >= 0.3 is 0 Å². The summed E-state index contributed by atoms with van der Waals surface area (Å²) in [6.45, 7) is 3.12. The topological polar surface area (TPSA) is 32.3 Å². The molecular weight excluding hydrogens is 270 g/mol. The molecule has 0 radical (unpaired) electrons. The second-order valence-electron chi connectivity index (χ2n) is 5.66. The molecule has 0 aliphatic carbocycles. The molecule has 2 nitrogen and oxygen atoms in total. The predicted octanol–water partition coefficient (Wildman–Crippen LogP) is 4.44. The number of phenols is 1. The normalized spacial score (nSPS) is 12.4. The van der Waals surface area contributed by atoms with E-state index in [4.69, 9.17) is 0 Å². The first kappa shape index (κ1) is 14.6. The number of aromatic hydroxyl groups is 1. The third kappa shape index (κ3) is 3.29. The van der Waals surface area contributed by atoms with Crippen LogP contribution in [0.1, 0.15) is 24.1 Å². The van der Waals surface area contributed by atoms with E-state index in [1.54, 1.807) is 12.1 Å². The van der Waals surface area contributed by atoms with Crippen LogP contribution in [0.5, 0.6) is 5.75 Å². The number of nitrogens with one attached hydrogen (secondary N) is 1. The van der Waals surface area contributed by atoms with E-state index in [1.165, 1.54) is 21.9 Å². The van der Waals surface area contributed by atoms with Gasteiger partial charge in [-0.2, -0.15) is 0 Å². The van der Waals surface area contributed by atoms with Crippen molar-refractivity contribution in [2.75, 3.05) is 6.54 Å². The molecule has 0 fully saturated rings. The van der Waals surface area contributed by atoms with Crippen LogP contribution < -0.4 is 5.32 Å². The van der Waals surface area contributed by atoms with Gasteiger partial charge in [-0.3, -0.25) is 0 Å². The zero-order valence-electron chi connectivity index (χ0n) is 12.8. The van der Waals surface area contributed by atoms with E-state index in [-0.39, 0.29) is 0 Å². The molecule has 0 amide bonds. The van der Waals surface area contributed by atoms with Crippen LogP contribution in [0.4, 0.5) is 0 Å². The Bertz CT molecular complexity index is 744. The van der Waals surface area contributed by atoms with Crippen LogP contribution >= 0.6 is 0 Å². The van der Waals surface area contributed by atoms with Crippen LogP contribution in [-0.4, -0.2) is 11.7 Å². The van der Waals surface area contributed by atoms with Gasteiger partial charge in [-0.15, -0.1) is 0 Å². The summed E-state index contributed by atoms with van der Waals surface area (Å²) < 4.78 is 0. The molecule has 0 aliphatic rings. The summed E-state index contributed by atoms with van der Waals surface area (Å²) in [5, 5.41) is 15.5. The monoisotopic (exact) mass is 291 g/mol. The van der Waals surface area contributed by atoms with Gasteiger partial charge in [0.05, 0.1) is 0 Å². The van der Waals surface area contributed by atoms with Crippen LogP contribution in [0.2, 0.25) is 0 Å². The summed E-state index contributed by atoms with van der Waals surface area (Å²) in [5.74, 6) is 0.320. The van der Waals surface area contributed by atoms with Gasteiger partial charge in [0.25, 0.3) is 0 Å². The second kappa shape index (κ2) is 6.63. The Morgan fingerprint density at radius 1 is 0.909 bits per heavy atom. The maximum atomic E-state index is 9.30. The lowest BCUT2D eigenvalue weighted by Gasteiger charge is -2.16. The fourth-order valence-corrected chi connectivity index (χ4v) is 2.83. The maximum Gasteiger partial charge on any atom is 0.115 e. The molecule has 0 spiro atoms. The zero-order chi connectivity index (χ0) is 15.4. The summed E-state index contributed by atoms with van der Waals surface area (Å²) in [5.41, 5.74) is 2.57. The van der Waals surface area contributed by atoms with Crippen molar-refractivity contribution in [3.8, 4) is 5.75 Å². The molecule has 2 heteroatoms. The van der Waals surface area contributed by atoms with Gasteiger partial charge in [0.2, 0.25) is 0 Å². The Labute approximate surface area is 131 Å². The van der Waals surface area contributed by atoms with Gasteiger partial charge in [-0.05, 0) is 53.9 Å². The highest BCUT2D eigenvalue weighted by molar-refractivity contribution is 5.86. The third-order valence-corrected chi connectivity index (χ3v) is 4.09. The first-order chi connectivity index (χ1) is 10.7. The van der Waals surface area contributed by atoms with E-state index in [1.807, 2.05) is 12.1 Å². The minimum absolute atomic E-state index is 0.309. The molecule has 0 heterocycles. The van der Waals surface area contributed by atoms with E-state index in [2.05, 4.69) is 54.7 Å². The van der Waals surface area contributed by atoms with Gasteiger partial charge in [0, 0.05) is 6.04 Å². The van der Waals surface area contributed by atoms with Crippen LogP contribution in [0.3, 0.4) is 0 Å². The third-order valence-electron chi connectivity index (χ3n) is 4.09. The van der Waals surface area contributed by atoms with E-state index in [9.17, 15) is 5.11 Å². The summed E-state index contributed by atoms with van der Waals surface area (Å²) in [4.78, 5) is 0. The van der Waals surface area contributed by atoms with Gasteiger partial charge in [0.15, 0.2) is 0 Å². The predicted molar refractivity (Wildman–Crippen MR) is 92.2 cm³/mol. The van der Waals surface area contributed by atoms with Crippen molar-refractivity contribution >= 4 is 10.8 Å². The van der Waals surface area contributed by atoms with Crippen LogP contribution in [0.25, 0.3) is 10.8 Å². The van der Waals surface area contributed by atoms with Crippen molar-refractivity contribution in [3.05, 3.63) is 77.9 Å². The smallest absolute Gasteiger partial charge is 0.115 e. The fourth-order valence-electron chi connectivity index (χ4n) is 2.83. The quantitative estimate of drug-likeness (QED) is 0.728. The number of phenolic OH excluding ortho intramolecular Hbond substituents is 1. The lowest BCUT2D eigenvalue weighted by molar-refractivity contribution is 0.475. The first-order valence-corrected chi connectivity index (χ1v) is 7.73. The minimum atomic E-state index is 0.309. The van der Waals surface area contributed by atoms with Gasteiger partial charge in [0.1, 0.15) is 5.75 Å². The molecule has 0 saturated heterocycles. The average molecular weight is 291 g/mol. The highest BCUT2D eigenvalue weighted by Gasteiger charge is 2.08. The average Bonchev–Trinajstić information content (AvgIpc) is 2.56. The Hall–Kier alpha value is -2.32. The largest absolute Gasteiger partial charge is 0.508 e. The molecule has 0 aromatic heterocycles. The summed E-state index contributed by atoms with van der Waals surface area (Å²) in [6, 6.07) is 22.7. The highest BCUT2D eigenvalue weighted by Crippen LogP contribution is 2.24. The van der Waals surface area contributed by atoms with E-state index >= 15 is 0 Å². The summed E-state index contributed by atoms with van der Waals surface area (Å²) in [6.07, 6.45) is 0.954. The lowest BCUT2D eigenvalue weighted by Crippen LogP contribution is -2.21. The van der Waals surface area contributed by atoms with Crippen molar-refractivity contribution < 1.29 is 5.11 Å². The van der Waals surface area contributed by atoms with Gasteiger partial charge in [-0.25, -0.2) is 0 Å². The molecule has 0 bridgehead atoms. The number of hydrogen-bond acceptors (Lipinski definition) is 2. The number of rotatable bonds is 5. The highest BCUT2D eigenvalue weighted by atomic mass is 16.3. The first-order valence-electron chi connectivity index (χ1n) is 7.73. The number of hydrogen-bond donors (Lipinski definition) is 2. The van der Waals surface area contributed by atoms with E-state index in [0.29, 0.717) is 11.8 Å². The Morgan fingerprint density at radius 2 is 1.64 bits per heavy atom. The molecular formula is C20H21NO. The second-order valence-corrected chi connectivity index (χ2v) is 5.66. The molecule has 0 aliphatic heterocycles. The van der Waals surface area contributed by atoms with Crippen LogP contribution in [0, 0.1) is 0 Å². The summed E-state index contributed by atoms with van der Waals surface area (Å²) in [7, 11) is 0. The van der Waals surface area contributed by atoms with Crippen molar-refractivity contribution in [2.24, 2.45) is 0 Å². The standard InChI is InChI=1S/C20H21NO/c1-15(21-14-13-16-9-11-18(22)12-10-16)19-8-4-6-17-5-2-3-7-20(17)19/h2-12,15,21-22H,13-14H2,1H3. The van der Waals surface area contributed by atoms with Crippen molar-refractivity contribution in [1.82, 2.24) is 5.32 Å². The van der Waals surface area contributed by atoms with Crippen LogP contribution in [-0.2, 0) is 6.42 Å². The Kier molecular flexibility index (Phi) is 4.40. The molecule has 1 unspecified atom stereocenters. The van der Waals surface area contributed by atoms with Gasteiger partial charge < -0.3 is 10.4 Å². The molecule has 3 aromatic carbocycles. The van der Waals surface area contributed by atoms with Crippen LogP contribution in [0.15, 0.2) is 66.7 Å².